The average molecular weight is 470 g/mol. The second-order valence-electron chi connectivity index (χ2n) is 7.75. The quantitative estimate of drug-likeness (QED) is 0.611. The summed E-state index contributed by atoms with van der Waals surface area (Å²) >= 11 is 12.4. The fourth-order valence-electron chi connectivity index (χ4n) is 4.24. The fraction of sp³-hybridized carbons (Fsp3) is 0.261. The molecule has 1 aromatic heterocycles. The Labute approximate surface area is 196 Å². The van der Waals surface area contributed by atoms with Gasteiger partial charge in [-0.15, -0.1) is 0 Å². The molecule has 0 bridgehead atoms. The summed E-state index contributed by atoms with van der Waals surface area (Å²) in [4.78, 5) is 4.53. The molecule has 2 N–H and O–H groups in total. The van der Waals surface area contributed by atoms with Crippen LogP contribution < -0.4 is 25.0 Å². The molecule has 2 aliphatic rings. The highest BCUT2D eigenvalue weighted by atomic mass is 35.5. The number of rotatable bonds is 4. The number of nitrogens with two attached hydrogens (primary N) is 1. The normalized spacial score (nSPS) is 15.2. The minimum atomic E-state index is 0.266. The van der Waals surface area contributed by atoms with Gasteiger partial charge in [0.2, 0.25) is 6.79 Å². The Morgan fingerprint density at radius 1 is 0.938 bits per heavy atom. The molecule has 2 aromatic carbocycles. The number of hydrogen-bond acceptors (Lipinski definition) is 6. The van der Waals surface area contributed by atoms with Crippen molar-refractivity contribution in [3.8, 4) is 17.6 Å². The van der Waals surface area contributed by atoms with Crippen molar-refractivity contribution in [1.29, 1.82) is 5.26 Å². The van der Waals surface area contributed by atoms with Gasteiger partial charge >= 0.3 is 0 Å². The van der Waals surface area contributed by atoms with Crippen LogP contribution in [0.25, 0.3) is 0 Å². The minimum Gasteiger partial charge on any atom is -0.454 e. The van der Waals surface area contributed by atoms with E-state index in [0.29, 0.717) is 28.0 Å². The summed E-state index contributed by atoms with van der Waals surface area (Å²) in [6.07, 6.45) is 0. The summed E-state index contributed by atoms with van der Waals surface area (Å²) in [5, 5.41) is 10.8. The molecule has 1 saturated heterocycles. The molecule has 0 radical (unpaired) electrons. The highest BCUT2D eigenvalue weighted by Gasteiger charge is 2.25. The number of hydrogen-bond donors (Lipinski definition) is 1. The Morgan fingerprint density at radius 2 is 1.69 bits per heavy atom. The Kier molecular flexibility index (Phi) is 5.41. The maximum atomic E-state index is 9.68. The molecule has 0 spiro atoms. The zero-order valence-corrected chi connectivity index (χ0v) is 18.7. The monoisotopic (exact) mass is 469 g/mol. The number of benzene rings is 2. The van der Waals surface area contributed by atoms with Gasteiger partial charge in [-0.1, -0.05) is 29.3 Å². The molecule has 3 aromatic rings. The summed E-state index contributed by atoms with van der Waals surface area (Å²) < 4.78 is 12.9. The molecular formula is C23H21Cl2N5O2. The van der Waals surface area contributed by atoms with E-state index >= 15 is 0 Å². The van der Waals surface area contributed by atoms with Crippen molar-refractivity contribution in [3.63, 3.8) is 0 Å². The molecule has 1 fully saturated rings. The first-order valence-electron chi connectivity index (χ1n) is 10.3. The van der Waals surface area contributed by atoms with E-state index in [0.717, 1.165) is 54.7 Å². The van der Waals surface area contributed by atoms with Crippen molar-refractivity contribution >= 4 is 40.4 Å². The summed E-state index contributed by atoms with van der Waals surface area (Å²) in [6.45, 7) is 3.86. The third kappa shape index (κ3) is 3.77. The first kappa shape index (κ1) is 20.7. The van der Waals surface area contributed by atoms with Crippen LogP contribution in [-0.4, -0.2) is 37.5 Å². The zero-order chi connectivity index (χ0) is 22.2. The number of nitriles is 1. The molecule has 32 heavy (non-hydrogen) atoms. The van der Waals surface area contributed by atoms with Gasteiger partial charge in [0.25, 0.3) is 0 Å². The second kappa shape index (κ2) is 8.38. The number of aromatic nitrogens is 1. The predicted molar refractivity (Wildman–Crippen MR) is 126 cm³/mol. The molecule has 9 heteroatoms. The number of fused-ring (bicyclic) bond motifs is 1. The summed E-state index contributed by atoms with van der Waals surface area (Å²) in [5.74, 6) is 2.40. The lowest BCUT2D eigenvalue weighted by Crippen LogP contribution is -2.47. The molecule has 0 saturated carbocycles. The fourth-order valence-corrected chi connectivity index (χ4v) is 4.71. The largest absolute Gasteiger partial charge is 0.454 e. The van der Waals surface area contributed by atoms with Gasteiger partial charge in [-0.25, -0.2) is 0 Å². The zero-order valence-electron chi connectivity index (χ0n) is 17.2. The molecular weight excluding hydrogens is 449 g/mol. The number of halogens is 2. The van der Waals surface area contributed by atoms with Gasteiger partial charge in [0.05, 0.1) is 12.2 Å². The van der Waals surface area contributed by atoms with Gasteiger partial charge in [0, 0.05) is 48.0 Å². The first-order valence-corrected chi connectivity index (χ1v) is 11.0. The maximum Gasteiger partial charge on any atom is 0.231 e. The Bertz CT molecular complexity index is 1210. The lowest BCUT2D eigenvalue weighted by molar-refractivity contribution is 0.174. The topological polar surface area (TPSA) is 79.7 Å². The number of nitrogen functional groups attached to an aromatic ring is 1. The lowest BCUT2D eigenvalue weighted by atomic mass is 10.2. The van der Waals surface area contributed by atoms with Gasteiger partial charge in [-0.05, 0) is 35.9 Å². The molecule has 164 valence electrons. The smallest absolute Gasteiger partial charge is 0.231 e. The maximum absolute atomic E-state index is 9.68. The van der Waals surface area contributed by atoms with Crippen LogP contribution in [0, 0.1) is 11.3 Å². The lowest BCUT2D eigenvalue weighted by Gasteiger charge is -2.38. The van der Waals surface area contributed by atoms with Crippen LogP contribution in [-0.2, 0) is 6.54 Å². The van der Waals surface area contributed by atoms with E-state index < -0.39 is 0 Å². The standard InChI is InChI=1S/C23H21Cl2N5O2/c24-16-2-1-15(19(25)9-16)13-30-18(12-26)10-20(27)23(30)29-7-5-28(6-8-29)17-3-4-21-22(11-17)32-14-31-21/h1-4,9-11H,5-8,13-14,27H2. The third-order valence-corrected chi connectivity index (χ3v) is 6.44. The Morgan fingerprint density at radius 3 is 2.44 bits per heavy atom. The minimum absolute atomic E-state index is 0.266. The molecule has 7 nitrogen and oxygen atoms in total. The van der Waals surface area contributed by atoms with E-state index in [4.69, 9.17) is 38.4 Å². The van der Waals surface area contributed by atoms with Crippen molar-refractivity contribution in [1.82, 2.24) is 4.57 Å². The van der Waals surface area contributed by atoms with Crippen LogP contribution in [0.1, 0.15) is 11.3 Å². The predicted octanol–water partition coefficient (Wildman–Crippen LogP) is 4.35. The van der Waals surface area contributed by atoms with Crippen LogP contribution in [0.2, 0.25) is 10.0 Å². The van der Waals surface area contributed by atoms with E-state index in [-0.39, 0.29) is 6.79 Å². The van der Waals surface area contributed by atoms with Gasteiger partial charge in [0.1, 0.15) is 17.6 Å². The number of ether oxygens (including phenoxy) is 2. The molecule has 0 atom stereocenters. The van der Waals surface area contributed by atoms with Gasteiger partial charge in [-0.3, -0.25) is 0 Å². The SMILES string of the molecule is N#Cc1cc(N)c(N2CCN(c3ccc4c(c3)OCO4)CC2)n1Cc1ccc(Cl)cc1Cl. The van der Waals surface area contributed by atoms with Crippen LogP contribution >= 0.6 is 23.2 Å². The highest BCUT2D eigenvalue weighted by molar-refractivity contribution is 6.35. The highest BCUT2D eigenvalue weighted by Crippen LogP contribution is 2.36. The Balaban J connectivity index is 1.37. The van der Waals surface area contributed by atoms with E-state index in [1.54, 1.807) is 18.2 Å². The van der Waals surface area contributed by atoms with Crippen LogP contribution in [0.15, 0.2) is 42.5 Å². The van der Waals surface area contributed by atoms with Crippen LogP contribution in [0.4, 0.5) is 17.2 Å². The Hall–Kier alpha value is -3.21. The number of anilines is 3. The summed E-state index contributed by atoms with van der Waals surface area (Å²) in [6, 6.07) is 15.4. The van der Waals surface area contributed by atoms with E-state index in [2.05, 4.69) is 21.9 Å². The van der Waals surface area contributed by atoms with E-state index in [9.17, 15) is 5.26 Å². The molecule has 0 amide bonds. The van der Waals surface area contributed by atoms with Crippen molar-refractivity contribution in [2.24, 2.45) is 0 Å². The molecule has 5 rings (SSSR count). The van der Waals surface area contributed by atoms with Gasteiger partial charge in [0.15, 0.2) is 11.5 Å². The number of piperazine rings is 1. The van der Waals surface area contributed by atoms with Crippen molar-refractivity contribution < 1.29 is 9.47 Å². The van der Waals surface area contributed by atoms with Crippen LogP contribution in [0.3, 0.4) is 0 Å². The second-order valence-corrected chi connectivity index (χ2v) is 8.60. The van der Waals surface area contributed by atoms with Gasteiger partial charge in [-0.2, -0.15) is 5.26 Å². The van der Waals surface area contributed by atoms with Crippen molar-refractivity contribution in [3.05, 3.63) is 63.8 Å². The first-order chi connectivity index (χ1) is 15.5. The van der Waals surface area contributed by atoms with Crippen molar-refractivity contribution in [2.75, 3.05) is 48.5 Å². The molecule has 0 unspecified atom stereocenters. The third-order valence-electron chi connectivity index (χ3n) is 5.86. The molecule has 3 heterocycles. The molecule has 0 aliphatic carbocycles. The summed E-state index contributed by atoms with van der Waals surface area (Å²) in [7, 11) is 0. The number of nitrogens with zero attached hydrogens (tertiary/aromatic N) is 4. The van der Waals surface area contributed by atoms with Crippen molar-refractivity contribution in [2.45, 2.75) is 6.54 Å². The van der Waals surface area contributed by atoms with Crippen LogP contribution in [0.5, 0.6) is 11.5 Å². The molecule has 2 aliphatic heterocycles. The average Bonchev–Trinajstić information content (AvgIpc) is 3.39. The van der Waals surface area contributed by atoms with Gasteiger partial charge < -0.3 is 29.6 Å². The van der Waals surface area contributed by atoms with E-state index in [1.807, 2.05) is 22.8 Å². The summed E-state index contributed by atoms with van der Waals surface area (Å²) in [5.41, 5.74) is 9.43. The van der Waals surface area contributed by atoms with E-state index in [1.165, 1.54) is 0 Å².